The van der Waals surface area contributed by atoms with E-state index in [0.29, 0.717) is 5.02 Å². The Balaban J connectivity index is 1.33. The van der Waals surface area contributed by atoms with Crippen molar-refractivity contribution in [2.75, 3.05) is 5.32 Å². The van der Waals surface area contributed by atoms with Crippen LogP contribution in [0.5, 0.6) is 0 Å². The van der Waals surface area contributed by atoms with Crippen molar-refractivity contribution in [3.8, 4) is 28.2 Å². The zero-order valence-corrected chi connectivity index (χ0v) is 17.3. The summed E-state index contributed by atoms with van der Waals surface area (Å²) in [5, 5.41) is 15.4. The van der Waals surface area contributed by atoms with Crippen molar-refractivity contribution < 1.29 is 0 Å². The lowest BCUT2D eigenvalue weighted by Crippen LogP contribution is -1.94. The van der Waals surface area contributed by atoms with Crippen LogP contribution in [0.3, 0.4) is 0 Å². The third-order valence-electron chi connectivity index (χ3n) is 4.57. The van der Waals surface area contributed by atoms with E-state index < -0.39 is 0 Å². The maximum absolute atomic E-state index is 6.05. The fraction of sp³-hybridized carbons (Fsp3) is 0. The van der Waals surface area contributed by atoms with Crippen molar-refractivity contribution in [3.05, 3.63) is 95.5 Å². The molecule has 0 saturated carbocycles. The van der Waals surface area contributed by atoms with Crippen molar-refractivity contribution in [3.63, 3.8) is 0 Å². The van der Waals surface area contributed by atoms with Gasteiger partial charge in [0.05, 0.1) is 17.6 Å². The number of hydrogen-bond acceptors (Lipinski definition) is 5. The lowest BCUT2D eigenvalue weighted by molar-refractivity contribution is 0.804. The van der Waals surface area contributed by atoms with Crippen LogP contribution in [0.15, 0.2) is 90.4 Å². The van der Waals surface area contributed by atoms with Gasteiger partial charge >= 0.3 is 0 Å². The highest BCUT2D eigenvalue weighted by Crippen LogP contribution is 2.28. The number of halogens is 1. The van der Waals surface area contributed by atoms with Crippen molar-refractivity contribution in [2.24, 2.45) is 0 Å². The standard InChI is InChI=1S/C23H16ClN5S/c24-18-7-4-8-19(13-18)25-23-26-22(15-30-23)17-9-11-20(12-10-17)29-14-21(27-28-29)16-5-2-1-3-6-16/h1-15H,(H,25,26). The molecule has 0 fully saturated rings. The van der Waals surface area contributed by atoms with Gasteiger partial charge in [-0.1, -0.05) is 65.3 Å². The van der Waals surface area contributed by atoms with Gasteiger partial charge in [-0.15, -0.1) is 16.4 Å². The minimum atomic E-state index is 0.691. The van der Waals surface area contributed by atoms with Crippen LogP contribution in [0.2, 0.25) is 5.02 Å². The summed E-state index contributed by atoms with van der Waals surface area (Å²) in [5.41, 5.74) is 5.70. The summed E-state index contributed by atoms with van der Waals surface area (Å²) in [6.07, 6.45) is 1.93. The molecule has 0 aliphatic heterocycles. The molecule has 0 unspecified atom stereocenters. The Morgan fingerprint density at radius 1 is 0.833 bits per heavy atom. The second kappa shape index (κ2) is 8.10. The zero-order chi connectivity index (χ0) is 20.3. The summed E-state index contributed by atoms with van der Waals surface area (Å²) >= 11 is 7.60. The molecule has 5 aromatic rings. The average molecular weight is 430 g/mol. The van der Waals surface area contributed by atoms with E-state index in [1.165, 1.54) is 0 Å². The fourth-order valence-electron chi connectivity index (χ4n) is 3.07. The number of aromatic nitrogens is 4. The van der Waals surface area contributed by atoms with Crippen LogP contribution in [0.1, 0.15) is 0 Å². The zero-order valence-electron chi connectivity index (χ0n) is 15.7. The smallest absolute Gasteiger partial charge is 0.187 e. The lowest BCUT2D eigenvalue weighted by Gasteiger charge is -2.03. The Hall–Kier alpha value is -3.48. The molecule has 2 aromatic heterocycles. The van der Waals surface area contributed by atoms with Gasteiger partial charge in [-0.3, -0.25) is 0 Å². The molecule has 0 amide bonds. The number of thiazole rings is 1. The van der Waals surface area contributed by atoms with E-state index in [4.69, 9.17) is 11.6 Å². The minimum absolute atomic E-state index is 0.691. The highest BCUT2D eigenvalue weighted by atomic mass is 35.5. The summed E-state index contributed by atoms with van der Waals surface area (Å²) < 4.78 is 1.78. The highest BCUT2D eigenvalue weighted by Gasteiger charge is 2.08. The molecular weight excluding hydrogens is 414 g/mol. The summed E-state index contributed by atoms with van der Waals surface area (Å²) in [4.78, 5) is 4.68. The van der Waals surface area contributed by atoms with Crippen LogP contribution in [-0.4, -0.2) is 20.0 Å². The predicted molar refractivity (Wildman–Crippen MR) is 123 cm³/mol. The van der Waals surface area contributed by atoms with E-state index in [1.807, 2.05) is 90.4 Å². The van der Waals surface area contributed by atoms with E-state index in [0.717, 1.165) is 39.0 Å². The number of benzene rings is 3. The first-order chi connectivity index (χ1) is 14.7. The van der Waals surface area contributed by atoms with Gasteiger partial charge < -0.3 is 5.32 Å². The van der Waals surface area contributed by atoms with E-state index in [9.17, 15) is 0 Å². The quantitative estimate of drug-likeness (QED) is 0.348. The van der Waals surface area contributed by atoms with Crippen LogP contribution in [0.25, 0.3) is 28.2 Å². The third kappa shape index (κ3) is 3.96. The molecule has 3 aromatic carbocycles. The minimum Gasteiger partial charge on any atom is -0.331 e. The molecule has 2 heterocycles. The molecule has 0 spiro atoms. The molecular formula is C23H16ClN5S. The highest BCUT2D eigenvalue weighted by molar-refractivity contribution is 7.14. The first-order valence-corrected chi connectivity index (χ1v) is 10.6. The van der Waals surface area contributed by atoms with Gasteiger partial charge in [0.15, 0.2) is 5.13 Å². The number of nitrogens with zero attached hydrogens (tertiary/aromatic N) is 4. The number of rotatable bonds is 5. The molecule has 7 heteroatoms. The first-order valence-electron chi connectivity index (χ1n) is 9.31. The van der Waals surface area contributed by atoms with Crippen LogP contribution in [-0.2, 0) is 0 Å². The summed E-state index contributed by atoms with van der Waals surface area (Å²) in [7, 11) is 0. The molecule has 5 nitrogen and oxygen atoms in total. The molecule has 5 rings (SSSR count). The van der Waals surface area contributed by atoms with Crippen molar-refractivity contribution in [1.29, 1.82) is 0 Å². The van der Waals surface area contributed by atoms with Crippen LogP contribution in [0, 0.1) is 0 Å². The molecule has 0 bridgehead atoms. The Morgan fingerprint density at radius 2 is 1.63 bits per heavy atom. The molecule has 146 valence electrons. The fourth-order valence-corrected chi connectivity index (χ4v) is 4.00. The van der Waals surface area contributed by atoms with Crippen molar-refractivity contribution in [2.45, 2.75) is 0 Å². The number of anilines is 2. The summed E-state index contributed by atoms with van der Waals surface area (Å²) in [6.45, 7) is 0. The van der Waals surface area contributed by atoms with Crippen molar-refractivity contribution >= 4 is 33.8 Å². The summed E-state index contributed by atoms with van der Waals surface area (Å²) in [6, 6.07) is 25.7. The Morgan fingerprint density at radius 3 is 2.43 bits per heavy atom. The Bertz CT molecular complexity index is 1280. The van der Waals surface area contributed by atoms with Gasteiger partial charge in [0.25, 0.3) is 0 Å². The number of hydrogen-bond donors (Lipinski definition) is 1. The van der Waals surface area contributed by atoms with E-state index in [-0.39, 0.29) is 0 Å². The van der Waals surface area contributed by atoms with Gasteiger partial charge in [-0.2, -0.15) is 0 Å². The maximum Gasteiger partial charge on any atom is 0.187 e. The lowest BCUT2D eigenvalue weighted by atomic mass is 10.1. The first kappa shape index (κ1) is 18.5. The molecule has 0 atom stereocenters. The van der Waals surface area contributed by atoms with E-state index in [2.05, 4.69) is 20.6 Å². The van der Waals surface area contributed by atoms with Gasteiger partial charge in [-0.05, 0) is 30.3 Å². The largest absolute Gasteiger partial charge is 0.331 e. The Kier molecular flexibility index (Phi) is 5.01. The monoisotopic (exact) mass is 429 g/mol. The third-order valence-corrected chi connectivity index (χ3v) is 5.56. The van der Waals surface area contributed by atoms with E-state index in [1.54, 1.807) is 16.0 Å². The number of nitrogens with one attached hydrogen (secondary N) is 1. The maximum atomic E-state index is 6.05. The molecule has 1 N–H and O–H groups in total. The predicted octanol–water partition coefficient (Wildman–Crippen LogP) is 6.45. The molecule has 30 heavy (non-hydrogen) atoms. The normalized spacial score (nSPS) is 10.8. The van der Waals surface area contributed by atoms with Crippen LogP contribution in [0.4, 0.5) is 10.8 Å². The molecule has 0 saturated heterocycles. The van der Waals surface area contributed by atoms with Gasteiger partial charge in [0, 0.05) is 27.2 Å². The van der Waals surface area contributed by atoms with Crippen LogP contribution >= 0.6 is 22.9 Å². The second-order valence-corrected chi connectivity index (χ2v) is 7.93. The van der Waals surface area contributed by atoms with Crippen molar-refractivity contribution in [1.82, 2.24) is 20.0 Å². The van der Waals surface area contributed by atoms with Crippen LogP contribution < -0.4 is 5.32 Å². The van der Waals surface area contributed by atoms with Gasteiger partial charge in [0.1, 0.15) is 5.69 Å². The molecule has 0 radical (unpaired) electrons. The van der Waals surface area contributed by atoms with Gasteiger partial charge in [0.2, 0.25) is 0 Å². The Labute approximate surface area is 182 Å². The molecule has 0 aliphatic carbocycles. The second-order valence-electron chi connectivity index (χ2n) is 6.63. The van der Waals surface area contributed by atoms with E-state index >= 15 is 0 Å². The average Bonchev–Trinajstić information content (AvgIpc) is 3.45. The van der Waals surface area contributed by atoms with Gasteiger partial charge in [-0.25, -0.2) is 9.67 Å². The molecule has 0 aliphatic rings. The summed E-state index contributed by atoms with van der Waals surface area (Å²) in [5.74, 6) is 0. The topological polar surface area (TPSA) is 55.6 Å². The SMILES string of the molecule is Clc1cccc(Nc2nc(-c3ccc(-n4cc(-c5ccccc5)nn4)cc3)cs2)c1.